The number of hydrogen-bond donors (Lipinski definition) is 1. The molecule has 0 saturated heterocycles. The number of nitrogens with zero attached hydrogens (tertiary/aromatic N) is 1. The van der Waals surface area contributed by atoms with Gasteiger partial charge >= 0.3 is 11.9 Å². The molecular formula is C14H18N2O5. The first-order chi connectivity index (χ1) is 9.91. The molecule has 0 aliphatic carbocycles. The minimum atomic E-state index is -0.865. The Morgan fingerprint density at radius 2 is 1.86 bits per heavy atom. The van der Waals surface area contributed by atoms with E-state index in [4.69, 9.17) is 9.47 Å². The molecule has 1 aromatic rings. The van der Waals surface area contributed by atoms with Crippen molar-refractivity contribution >= 4 is 17.8 Å². The van der Waals surface area contributed by atoms with Crippen molar-refractivity contribution in [3.8, 4) is 0 Å². The highest BCUT2D eigenvalue weighted by molar-refractivity contribution is 5.96. The SMILES string of the molecule is CC(C)C(=O)OCOC(=O)C(C)NC(=O)c1cccnc1. The maximum Gasteiger partial charge on any atom is 0.331 e. The number of aromatic nitrogens is 1. The Hall–Kier alpha value is -2.44. The van der Waals surface area contributed by atoms with Crippen LogP contribution in [0.4, 0.5) is 0 Å². The van der Waals surface area contributed by atoms with E-state index in [1.54, 1.807) is 26.0 Å². The second-order valence-corrected chi connectivity index (χ2v) is 4.64. The van der Waals surface area contributed by atoms with Crippen LogP contribution in [-0.2, 0) is 19.1 Å². The molecule has 1 atom stereocenters. The Morgan fingerprint density at radius 3 is 2.43 bits per heavy atom. The zero-order chi connectivity index (χ0) is 15.8. The van der Waals surface area contributed by atoms with Gasteiger partial charge in [-0.05, 0) is 19.1 Å². The van der Waals surface area contributed by atoms with Gasteiger partial charge in [-0.25, -0.2) is 4.79 Å². The van der Waals surface area contributed by atoms with Gasteiger partial charge in [0, 0.05) is 12.4 Å². The van der Waals surface area contributed by atoms with E-state index in [2.05, 4.69) is 10.3 Å². The van der Waals surface area contributed by atoms with Gasteiger partial charge in [-0.15, -0.1) is 0 Å². The van der Waals surface area contributed by atoms with Crippen molar-refractivity contribution < 1.29 is 23.9 Å². The van der Waals surface area contributed by atoms with E-state index in [1.165, 1.54) is 19.3 Å². The second-order valence-electron chi connectivity index (χ2n) is 4.64. The van der Waals surface area contributed by atoms with Gasteiger partial charge in [0.15, 0.2) is 0 Å². The lowest BCUT2D eigenvalue weighted by Crippen LogP contribution is -2.40. The lowest BCUT2D eigenvalue weighted by molar-refractivity contribution is -0.170. The minimum absolute atomic E-state index is 0.300. The molecule has 1 unspecified atom stereocenters. The van der Waals surface area contributed by atoms with E-state index in [-0.39, 0.29) is 5.92 Å². The van der Waals surface area contributed by atoms with E-state index in [0.717, 1.165) is 0 Å². The molecule has 1 N–H and O–H groups in total. The van der Waals surface area contributed by atoms with Crippen molar-refractivity contribution in [2.75, 3.05) is 6.79 Å². The fourth-order valence-corrected chi connectivity index (χ4v) is 1.27. The molecule has 0 radical (unpaired) electrons. The van der Waals surface area contributed by atoms with Gasteiger partial charge in [0.2, 0.25) is 6.79 Å². The van der Waals surface area contributed by atoms with Gasteiger partial charge in [-0.1, -0.05) is 13.8 Å². The monoisotopic (exact) mass is 294 g/mol. The smallest absolute Gasteiger partial charge is 0.331 e. The summed E-state index contributed by atoms with van der Waals surface area (Å²) in [7, 11) is 0. The molecule has 1 amide bonds. The quantitative estimate of drug-likeness (QED) is 0.618. The van der Waals surface area contributed by atoms with Crippen LogP contribution >= 0.6 is 0 Å². The van der Waals surface area contributed by atoms with Crippen molar-refractivity contribution in [3.63, 3.8) is 0 Å². The van der Waals surface area contributed by atoms with Crippen molar-refractivity contribution in [1.82, 2.24) is 10.3 Å². The van der Waals surface area contributed by atoms with Crippen molar-refractivity contribution in [3.05, 3.63) is 30.1 Å². The standard InChI is InChI=1S/C14H18N2O5/c1-9(2)13(18)20-8-21-14(19)10(3)16-12(17)11-5-4-6-15-7-11/h4-7,9-10H,8H2,1-3H3,(H,16,17). The van der Waals surface area contributed by atoms with E-state index in [1.807, 2.05) is 0 Å². The highest BCUT2D eigenvalue weighted by atomic mass is 16.7. The van der Waals surface area contributed by atoms with E-state index in [9.17, 15) is 14.4 Å². The first-order valence-corrected chi connectivity index (χ1v) is 6.46. The summed E-state index contributed by atoms with van der Waals surface area (Å²) in [6.07, 6.45) is 2.93. The van der Waals surface area contributed by atoms with Crippen LogP contribution in [0, 0.1) is 5.92 Å². The van der Waals surface area contributed by atoms with Gasteiger partial charge in [-0.3, -0.25) is 14.6 Å². The van der Waals surface area contributed by atoms with Crippen LogP contribution in [0.2, 0.25) is 0 Å². The van der Waals surface area contributed by atoms with E-state index in [0.29, 0.717) is 5.56 Å². The topological polar surface area (TPSA) is 94.6 Å². The Balaban J connectivity index is 2.38. The molecule has 0 aliphatic rings. The summed E-state index contributed by atoms with van der Waals surface area (Å²) in [5.74, 6) is -1.89. The molecule has 0 saturated carbocycles. The van der Waals surface area contributed by atoms with Crippen molar-refractivity contribution in [2.45, 2.75) is 26.8 Å². The molecule has 0 fully saturated rings. The molecule has 0 aromatic carbocycles. The number of pyridine rings is 1. The summed E-state index contributed by atoms with van der Waals surface area (Å²) in [5.41, 5.74) is 0.336. The maximum atomic E-state index is 11.8. The maximum absolute atomic E-state index is 11.8. The van der Waals surface area contributed by atoms with E-state index < -0.39 is 30.7 Å². The number of nitrogens with one attached hydrogen (secondary N) is 1. The predicted octanol–water partition coefficient (Wildman–Crippen LogP) is 0.900. The fraction of sp³-hybridized carbons (Fsp3) is 0.429. The van der Waals surface area contributed by atoms with E-state index >= 15 is 0 Å². The first-order valence-electron chi connectivity index (χ1n) is 6.46. The van der Waals surface area contributed by atoms with Crippen molar-refractivity contribution in [1.29, 1.82) is 0 Å². The number of ether oxygens (including phenoxy) is 2. The summed E-state index contributed by atoms with van der Waals surface area (Å²) in [6, 6.07) is 2.32. The van der Waals surface area contributed by atoms with Gasteiger partial charge in [0.1, 0.15) is 6.04 Å². The molecule has 21 heavy (non-hydrogen) atoms. The average Bonchev–Trinajstić information content (AvgIpc) is 2.47. The molecule has 114 valence electrons. The van der Waals surface area contributed by atoms with Crippen molar-refractivity contribution in [2.24, 2.45) is 5.92 Å². The van der Waals surface area contributed by atoms with Gasteiger partial charge in [-0.2, -0.15) is 0 Å². The molecule has 0 spiro atoms. The third-order valence-corrected chi connectivity index (χ3v) is 2.50. The molecule has 7 heteroatoms. The Kier molecular flexibility index (Phi) is 6.32. The zero-order valence-electron chi connectivity index (χ0n) is 12.2. The second kappa shape index (κ2) is 7.98. The largest absolute Gasteiger partial charge is 0.428 e. The summed E-state index contributed by atoms with van der Waals surface area (Å²) >= 11 is 0. The molecular weight excluding hydrogens is 276 g/mol. The highest BCUT2D eigenvalue weighted by Crippen LogP contribution is 1.99. The number of carbonyl (C=O) groups is 3. The minimum Gasteiger partial charge on any atom is -0.428 e. The van der Waals surface area contributed by atoms with Gasteiger partial charge in [0.05, 0.1) is 11.5 Å². The Labute approximate surface area is 122 Å². The van der Waals surface area contributed by atoms with Crippen LogP contribution < -0.4 is 5.32 Å². The normalized spacial score (nSPS) is 11.6. The predicted molar refractivity (Wildman–Crippen MR) is 73.1 cm³/mol. The number of amides is 1. The van der Waals surface area contributed by atoms with Crippen LogP contribution in [-0.4, -0.2) is 35.7 Å². The zero-order valence-corrected chi connectivity index (χ0v) is 12.2. The van der Waals surface area contributed by atoms with Crippen LogP contribution in [0.1, 0.15) is 31.1 Å². The van der Waals surface area contributed by atoms with Crippen LogP contribution in [0.25, 0.3) is 0 Å². The lowest BCUT2D eigenvalue weighted by atomic mass is 10.2. The molecule has 1 rings (SSSR count). The molecule has 1 aromatic heterocycles. The number of esters is 2. The number of rotatable bonds is 6. The third kappa shape index (κ3) is 5.60. The average molecular weight is 294 g/mol. The first kappa shape index (κ1) is 16.6. The summed E-state index contributed by atoms with van der Waals surface area (Å²) in [5, 5.41) is 2.46. The summed E-state index contributed by atoms with van der Waals surface area (Å²) in [4.78, 5) is 38.4. The third-order valence-electron chi connectivity index (χ3n) is 2.50. The lowest BCUT2D eigenvalue weighted by Gasteiger charge is -2.13. The number of hydrogen-bond acceptors (Lipinski definition) is 6. The van der Waals surface area contributed by atoms with Crippen LogP contribution in [0.3, 0.4) is 0 Å². The molecule has 0 bridgehead atoms. The van der Waals surface area contributed by atoms with Crippen LogP contribution in [0.15, 0.2) is 24.5 Å². The fourth-order valence-electron chi connectivity index (χ4n) is 1.27. The summed E-state index contributed by atoms with van der Waals surface area (Å²) in [6.45, 7) is 4.34. The van der Waals surface area contributed by atoms with Gasteiger partial charge < -0.3 is 14.8 Å². The highest BCUT2D eigenvalue weighted by Gasteiger charge is 2.18. The Bertz CT molecular complexity index is 501. The number of carbonyl (C=O) groups excluding carboxylic acids is 3. The Morgan fingerprint density at radius 1 is 1.19 bits per heavy atom. The molecule has 0 aliphatic heterocycles. The van der Waals surface area contributed by atoms with Gasteiger partial charge in [0.25, 0.3) is 5.91 Å². The molecule has 7 nitrogen and oxygen atoms in total. The van der Waals surface area contributed by atoms with Crippen LogP contribution in [0.5, 0.6) is 0 Å². The summed E-state index contributed by atoms with van der Waals surface area (Å²) < 4.78 is 9.46. The molecule has 1 heterocycles.